The number of nitrogens with one attached hydrogen (secondary N) is 2. The van der Waals surface area contributed by atoms with Gasteiger partial charge in [-0.05, 0) is 42.5 Å². The molecule has 0 aliphatic carbocycles. The van der Waals surface area contributed by atoms with E-state index in [0.29, 0.717) is 17.0 Å². The first-order chi connectivity index (χ1) is 12.0. The van der Waals surface area contributed by atoms with Crippen molar-refractivity contribution in [3.63, 3.8) is 0 Å². The highest BCUT2D eigenvalue weighted by molar-refractivity contribution is 7.16. The van der Waals surface area contributed by atoms with Gasteiger partial charge in [-0.3, -0.25) is 4.79 Å². The monoisotopic (exact) mass is 373 g/mol. The van der Waals surface area contributed by atoms with Crippen molar-refractivity contribution in [2.24, 2.45) is 0 Å². The Balaban J connectivity index is 1.74. The summed E-state index contributed by atoms with van der Waals surface area (Å²) in [5.41, 5.74) is 3.69. The van der Waals surface area contributed by atoms with Crippen LogP contribution in [0.1, 0.15) is 46.4 Å². The van der Waals surface area contributed by atoms with E-state index < -0.39 is 0 Å². The van der Waals surface area contributed by atoms with Gasteiger partial charge in [-0.1, -0.05) is 36.7 Å². The number of hydrogen-bond acceptors (Lipinski definition) is 4. The number of carbonyl (C=O) groups is 1. The number of fused-ring (bicyclic) bond motifs is 1. The molecule has 130 valence electrons. The van der Waals surface area contributed by atoms with Crippen LogP contribution in [0.15, 0.2) is 18.2 Å². The normalized spacial score (nSPS) is 14.5. The van der Waals surface area contributed by atoms with E-state index in [2.05, 4.69) is 16.7 Å². The van der Waals surface area contributed by atoms with Crippen LogP contribution in [0.2, 0.25) is 5.02 Å². The minimum atomic E-state index is -0.0897. The summed E-state index contributed by atoms with van der Waals surface area (Å²) in [5, 5.41) is 17.1. The molecular formula is C19H20ClN3OS. The zero-order valence-electron chi connectivity index (χ0n) is 14.3. The van der Waals surface area contributed by atoms with Gasteiger partial charge < -0.3 is 10.6 Å². The fourth-order valence-corrected chi connectivity index (χ4v) is 4.65. The van der Waals surface area contributed by atoms with Crippen molar-refractivity contribution in [1.29, 1.82) is 5.26 Å². The van der Waals surface area contributed by atoms with Crippen LogP contribution in [0.25, 0.3) is 0 Å². The minimum Gasteiger partial charge on any atom is -0.317 e. The highest BCUT2D eigenvalue weighted by Gasteiger charge is 2.22. The van der Waals surface area contributed by atoms with Gasteiger partial charge in [-0.15, -0.1) is 11.3 Å². The van der Waals surface area contributed by atoms with Crippen molar-refractivity contribution in [3.05, 3.63) is 50.4 Å². The predicted octanol–water partition coefficient (Wildman–Crippen LogP) is 4.36. The van der Waals surface area contributed by atoms with Crippen molar-refractivity contribution < 1.29 is 4.79 Å². The largest absolute Gasteiger partial charge is 0.317 e. The lowest BCUT2D eigenvalue weighted by atomic mass is 9.96. The molecule has 25 heavy (non-hydrogen) atoms. The maximum atomic E-state index is 12.5. The molecule has 6 heteroatoms. The average molecular weight is 374 g/mol. The second-order valence-corrected chi connectivity index (χ2v) is 7.86. The zero-order valence-corrected chi connectivity index (χ0v) is 15.9. The summed E-state index contributed by atoms with van der Waals surface area (Å²) >= 11 is 7.87. The molecule has 0 fully saturated rings. The Morgan fingerprint density at radius 3 is 3.08 bits per heavy atom. The number of rotatable bonds is 4. The van der Waals surface area contributed by atoms with Gasteiger partial charge in [0.05, 0.1) is 5.56 Å². The Kier molecular flexibility index (Phi) is 5.43. The van der Waals surface area contributed by atoms with Crippen molar-refractivity contribution in [1.82, 2.24) is 5.32 Å². The van der Waals surface area contributed by atoms with Crippen molar-refractivity contribution in [2.45, 2.75) is 39.2 Å². The summed E-state index contributed by atoms with van der Waals surface area (Å²) in [4.78, 5) is 13.6. The van der Waals surface area contributed by atoms with E-state index in [1.165, 1.54) is 11.3 Å². The van der Waals surface area contributed by atoms with Gasteiger partial charge in [0.1, 0.15) is 11.1 Å². The fourth-order valence-electron chi connectivity index (χ4n) is 3.16. The second kappa shape index (κ2) is 7.57. The number of amides is 1. The van der Waals surface area contributed by atoms with Crippen LogP contribution in [0.4, 0.5) is 5.00 Å². The van der Waals surface area contributed by atoms with Crippen molar-refractivity contribution >= 4 is 33.8 Å². The van der Waals surface area contributed by atoms with E-state index >= 15 is 0 Å². The lowest BCUT2D eigenvalue weighted by Gasteiger charge is -2.14. The topological polar surface area (TPSA) is 64.9 Å². The third-order valence-corrected chi connectivity index (χ3v) is 6.20. The Hall–Kier alpha value is -1.87. The molecule has 1 amide bonds. The van der Waals surface area contributed by atoms with E-state index in [-0.39, 0.29) is 11.8 Å². The number of anilines is 1. The number of hydrogen-bond donors (Lipinski definition) is 2. The van der Waals surface area contributed by atoms with E-state index in [4.69, 9.17) is 11.6 Å². The number of nitrogens with zero attached hydrogens (tertiary/aromatic N) is 1. The molecule has 0 saturated carbocycles. The Morgan fingerprint density at radius 2 is 2.32 bits per heavy atom. The molecule has 0 spiro atoms. The second-order valence-electron chi connectivity index (χ2n) is 6.38. The predicted molar refractivity (Wildman–Crippen MR) is 102 cm³/mol. The van der Waals surface area contributed by atoms with Gasteiger partial charge in [-0.25, -0.2) is 0 Å². The molecule has 1 aliphatic rings. The average Bonchev–Trinajstić information content (AvgIpc) is 2.93. The van der Waals surface area contributed by atoms with E-state index in [1.807, 2.05) is 32.0 Å². The molecule has 1 aromatic carbocycles. The molecule has 2 aromatic rings. The van der Waals surface area contributed by atoms with Crippen molar-refractivity contribution in [3.8, 4) is 6.07 Å². The maximum Gasteiger partial charge on any atom is 0.225 e. The quantitative estimate of drug-likeness (QED) is 0.836. The molecular weight excluding hydrogens is 354 g/mol. The molecule has 1 aliphatic heterocycles. The number of thiophene rings is 1. The number of carbonyl (C=O) groups excluding carboxylic acids is 1. The Morgan fingerprint density at radius 1 is 1.52 bits per heavy atom. The molecule has 0 radical (unpaired) electrons. The lowest BCUT2D eigenvalue weighted by Crippen LogP contribution is -2.22. The van der Waals surface area contributed by atoms with Crippen molar-refractivity contribution in [2.75, 3.05) is 11.9 Å². The van der Waals surface area contributed by atoms with E-state index in [0.717, 1.165) is 46.1 Å². The molecule has 4 nitrogen and oxygen atoms in total. The molecule has 2 heterocycles. The van der Waals surface area contributed by atoms with Crippen LogP contribution in [-0.2, 0) is 17.8 Å². The third-order valence-electron chi connectivity index (χ3n) is 4.54. The SMILES string of the molecule is Cc1cccc([C@@H](C)CC(=O)Nc2sc3c(c2C#N)CCNC3)c1Cl. The standard InChI is InChI=1S/C19H20ClN3OS/c1-11-4-3-5-13(18(11)20)12(2)8-17(24)23-19-15(9-21)14-6-7-22-10-16(14)25-19/h3-5,12,22H,6-8,10H2,1-2H3,(H,23,24)/t12-/m0/s1. The van der Waals surface area contributed by atoms with Gasteiger partial charge >= 0.3 is 0 Å². The molecule has 3 rings (SSSR count). The van der Waals surface area contributed by atoms with Gasteiger partial charge in [-0.2, -0.15) is 5.26 Å². The highest BCUT2D eigenvalue weighted by atomic mass is 35.5. The Labute approximate surface area is 156 Å². The number of aryl methyl sites for hydroxylation is 1. The van der Waals surface area contributed by atoms with Crippen LogP contribution in [-0.4, -0.2) is 12.5 Å². The van der Waals surface area contributed by atoms with E-state index in [9.17, 15) is 10.1 Å². The summed E-state index contributed by atoms with van der Waals surface area (Å²) < 4.78 is 0. The van der Waals surface area contributed by atoms with Crippen LogP contribution in [0, 0.1) is 18.3 Å². The van der Waals surface area contributed by atoms with Crippen LogP contribution in [0.3, 0.4) is 0 Å². The molecule has 1 aromatic heterocycles. The number of benzene rings is 1. The number of nitriles is 1. The van der Waals surface area contributed by atoms with Crippen LogP contribution >= 0.6 is 22.9 Å². The zero-order chi connectivity index (χ0) is 18.0. The van der Waals surface area contributed by atoms with Crippen LogP contribution in [0.5, 0.6) is 0 Å². The van der Waals surface area contributed by atoms with Crippen LogP contribution < -0.4 is 10.6 Å². The molecule has 1 atom stereocenters. The summed E-state index contributed by atoms with van der Waals surface area (Å²) in [6.45, 7) is 5.59. The molecule has 2 N–H and O–H groups in total. The van der Waals surface area contributed by atoms with E-state index in [1.54, 1.807) is 0 Å². The lowest BCUT2D eigenvalue weighted by molar-refractivity contribution is -0.116. The third kappa shape index (κ3) is 3.72. The molecule has 0 unspecified atom stereocenters. The first-order valence-electron chi connectivity index (χ1n) is 8.31. The summed E-state index contributed by atoms with van der Waals surface area (Å²) in [7, 11) is 0. The van der Waals surface area contributed by atoms with Gasteiger partial charge in [0.15, 0.2) is 0 Å². The smallest absolute Gasteiger partial charge is 0.225 e. The Bertz CT molecular complexity index is 853. The minimum absolute atomic E-state index is 0.00851. The number of halogens is 1. The fraction of sp³-hybridized carbons (Fsp3) is 0.368. The first kappa shape index (κ1) is 17.9. The molecule has 0 bridgehead atoms. The summed E-state index contributed by atoms with van der Waals surface area (Å²) in [6.07, 6.45) is 1.16. The highest BCUT2D eigenvalue weighted by Crippen LogP contribution is 2.35. The first-order valence-corrected chi connectivity index (χ1v) is 9.51. The van der Waals surface area contributed by atoms with Gasteiger partial charge in [0.25, 0.3) is 0 Å². The maximum absolute atomic E-state index is 12.5. The summed E-state index contributed by atoms with van der Waals surface area (Å²) in [6, 6.07) is 8.14. The summed E-state index contributed by atoms with van der Waals surface area (Å²) in [5.74, 6) is -0.0812. The molecule has 0 saturated heterocycles. The van der Waals surface area contributed by atoms with Gasteiger partial charge in [0.2, 0.25) is 5.91 Å². The van der Waals surface area contributed by atoms with Gasteiger partial charge in [0, 0.05) is 22.9 Å².